The molecule has 3 atom stereocenters. The molecule has 8 heteroatoms. The second-order valence-corrected chi connectivity index (χ2v) is 13.4. The molecule has 0 aromatic rings. The van der Waals surface area contributed by atoms with Crippen molar-refractivity contribution >= 4 is 26.2 Å². The number of amides is 1. The fourth-order valence-corrected chi connectivity index (χ4v) is 4.70. The van der Waals surface area contributed by atoms with E-state index in [1.54, 1.807) is 0 Å². The first-order valence-corrected chi connectivity index (χ1v) is 12.0. The van der Waals surface area contributed by atoms with Gasteiger partial charge in [0.15, 0.2) is 8.32 Å². The molecule has 0 bridgehead atoms. The van der Waals surface area contributed by atoms with Gasteiger partial charge in [-0.1, -0.05) is 20.8 Å². The Kier molecular flexibility index (Phi) is 5.73. The van der Waals surface area contributed by atoms with Crippen LogP contribution >= 0.6 is 0 Å². The molecule has 2 heterocycles. The average molecular weight is 396 g/mol. The van der Waals surface area contributed by atoms with Crippen LogP contribution in [0.3, 0.4) is 0 Å². The number of carboxylic acids is 1. The van der Waals surface area contributed by atoms with Crippen molar-refractivity contribution in [2.24, 2.45) is 5.92 Å². The molecule has 2 aliphatic heterocycles. The molecular weight excluding hydrogens is 366 g/mol. The summed E-state index contributed by atoms with van der Waals surface area (Å²) in [4.78, 5) is 37.0. The zero-order valence-corrected chi connectivity index (χ0v) is 18.0. The molecule has 0 spiro atoms. The second kappa shape index (κ2) is 7.24. The number of hydrogen-bond donors (Lipinski definition) is 1. The smallest absolute Gasteiger partial charge is 0.352 e. The monoisotopic (exact) mass is 395 g/mol. The lowest BCUT2D eigenvalue weighted by Gasteiger charge is -2.50. The fourth-order valence-electron chi connectivity index (χ4n) is 3.27. The molecule has 2 aliphatic rings. The zero-order valence-electron chi connectivity index (χ0n) is 17.0. The van der Waals surface area contributed by atoms with Crippen LogP contribution in [0.4, 0.5) is 0 Å². The lowest BCUT2D eigenvalue weighted by molar-refractivity contribution is -0.163. The van der Waals surface area contributed by atoms with E-state index in [9.17, 15) is 19.5 Å². The van der Waals surface area contributed by atoms with Crippen LogP contribution in [0.1, 0.15) is 41.0 Å². The van der Waals surface area contributed by atoms with Gasteiger partial charge in [0, 0.05) is 13.3 Å². The Bertz CT molecular complexity index is 718. The maximum absolute atomic E-state index is 12.8. The van der Waals surface area contributed by atoms with Gasteiger partial charge in [-0.3, -0.25) is 9.59 Å². The van der Waals surface area contributed by atoms with Crippen molar-refractivity contribution in [1.82, 2.24) is 4.90 Å². The van der Waals surface area contributed by atoms with Gasteiger partial charge in [-0.05, 0) is 37.2 Å². The van der Waals surface area contributed by atoms with E-state index in [1.165, 1.54) is 24.0 Å². The van der Waals surface area contributed by atoms with E-state index in [0.29, 0.717) is 5.76 Å². The average Bonchev–Trinajstić information content (AvgIpc) is 2.62. The number of allylic oxidation sites excluding steroid dienone is 2. The van der Waals surface area contributed by atoms with Gasteiger partial charge in [0.05, 0.1) is 18.1 Å². The van der Waals surface area contributed by atoms with Gasteiger partial charge >= 0.3 is 11.9 Å². The van der Waals surface area contributed by atoms with Crippen molar-refractivity contribution in [3.63, 3.8) is 0 Å². The predicted octanol–water partition coefficient (Wildman–Crippen LogP) is 3.04. The summed E-state index contributed by atoms with van der Waals surface area (Å²) in [5.74, 6) is -2.06. The number of rotatable bonds is 5. The van der Waals surface area contributed by atoms with Crippen LogP contribution in [0.15, 0.2) is 23.6 Å². The van der Waals surface area contributed by atoms with E-state index < -0.39 is 32.2 Å². The van der Waals surface area contributed by atoms with Crippen LogP contribution in [0.5, 0.6) is 0 Å². The Morgan fingerprint density at radius 2 is 1.89 bits per heavy atom. The molecule has 0 radical (unpaired) electrons. The fraction of sp³-hybridized carbons (Fsp3) is 0.632. The van der Waals surface area contributed by atoms with Crippen LogP contribution in [-0.2, 0) is 23.5 Å². The Morgan fingerprint density at radius 3 is 2.37 bits per heavy atom. The molecule has 0 unspecified atom stereocenters. The number of esters is 1. The van der Waals surface area contributed by atoms with Crippen LogP contribution in [-0.4, -0.2) is 48.3 Å². The van der Waals surface area contributed by atoms with Crippen molar-refractivity contribution in [2.75, 3.05) is 0 Å². The highest BCUT2D eigenvalue weighted by Crippen LogP contribution is 2.43. The van der Waals surface area contributed by atoms with Crippen LogP contribution in [0.25, 0.3) is 0 Å². The minimum absolute atomic E-state index is 0.00781. The molecule has 1 N–H and O–H groups in total. The minimum atomic E-state index is -2.10. The van der Waals surface area contributed by atoms with E-state index in [2.05, 4.69) is 33.9 Å². The molecule has 1 fully saturated rings. The third kappa shape index (κ3) is 4.16. The Morgan fingerprint density at radius 1 is 1.30 bits per heavy atom. The van der Waals surface area contributed by atoms with Crippen molar-refractivity contribution < 1.29 is 28.7 Å². The number of nitrogens with zero attached hydrogens (tertiary/aromatic N) is 1. The van der Waals surface area contributed by atoms with E-state index in [-0.39, 0.29) is 29.2 Å². The number of hydrogen-bond acceptors (Lipinski definition) is 5. The predicted molar refractivity (Wildman–Crippen MR) is 102 cm³/mol. The van der Waals surface area contributed by atoms with E-state index in [4.69, 9.17) is 9.16 Å². The summed E-state index contributed by atoms with van der Waals surface area (Å²) >= 11 is 0. The summed E-state index contributed by atoms with van der Waals surface area (Å²) in [6.07, 6.45) is 2.68. The van der Waals surface area contributed by atoms with E-state index >= 15 is 0 Å². The number of carbonyl (C=O) groups excluding carboxylic acids is 2. The first kappa shape index (κ1) is 21.4. The van der Waals surface area contributed by atoms with Crippen molar-refractivity contribution in [3.05, 3.63) is 23.6 Å². The normalized spacial score (nSPS) is 24.1. The minimum Gasteiger partial charge on any atom is -0.477 e. The SMILES string of the molecule is CC(=O)OC1=CC=C(C(=O)O)N2C(=O)[C@H]([C@@H](C)O[Si](C)(C)C(C)(C)C)[C@H]2C1. The second-order valence-electron chi connectivity index (χ2n) is 8.67. The highest BCUT2D eigenvalue weighted by Gasteiger charge is 2.55. The summed E-state index contributed by atoms with van der Waals surface area (Å²) in [7, 11) is -2.10. The summed E-state index contributed by atoms with van der Waals surface area (Å²) in [5, 5.41) is 9.46. The molecule has 27 heavy (non-hydrogen) atoms. The first-order chi connectivity index (χ1) is 12.3. The van der Waals surface area contributed by atoms with Crippen molar-refractivity contribution in [3.8, 4) is 0 Å². The maximum atomic E-state index is 12.8. The molecule has 0 aromatic heterocycles. The van der Waals surface area contributed by atoms with Crippen LogP contribution in [0.2, 0.25) is 18.1 Å². The number of carbonyl (C=O) groups is 3. The van der Waals surface area contributed by atoms with Crippen LogP contribution < -0.4 is 0 Å². The number of fused-ring (bicyclic) bond motifs is 1. The van der Waals surface area contributed by atoms with Gasteiger partial charge in [0.1, 0.15) is 11.5 Å². The molecule has 0 saturated carbocycles. The third-order valence-corrected chi connectivity index (χ3v) is 10.2. The topological polar surface area (TPSA) is 93.1 Å². The van der Waals surface area contributed by atoms with Crippen molar-refractivity contribution in [1.29, 1.82) is 0 Å². The summed E-state index contributed by atoms with van der Waals surface area (Å²) in [6.45, 7) is 13.8. The Labute approximate surface area is 161 Å². The first-order valence-electron chi connectivity index (χ1n) is 9.09. The van der Waals surface area contributed by atoms with E-state index in [1.807, 2.05) is 6.92 Å². The molecule has 1 saturated heterocycles. The summed E-state index contributed by atoms with van der Waals surface area (Å²) in [6, 6.07) is -0.410. The van der Waals surface area contributed by atoms with Crippen LogP contribution in [0, 0.1) is 5.92 Å². The molecule has 0 aromatic carbocycles. The Hall–Kier alpha value is -1.93. The van der Waals surface area contributed by atoms with Gasteiger partial charge in [-0.25, -0.2) is 4.79 Å². The summed E-state index contributed by atoms with van der Waals surface area (Å²) < 4.78 is 11.6. The van der Waals surface area contributed by atoms with E-state index in [0.717, 1.165) is 0 Å². The van der Waals surface area contributed by atoms with Gasteiger partial charge in [0.25, 0.3) is 0 Å². The number of ether oxygens (including phenoxy) is 1. The highest BCUT2D eigenvalue weighted by atomic mass is 28.4. The molecule has 1 amide bonds. The number of aliphatic carboxylic acids is 1. The maximum Gasteiger partial charge on any atom is 0.352 e. The lowest BCUT2D eigenvalue weighted by Crippen LogP contribution is -2.65. The molecule has 7 nitrogen and oxygen atoms in total. The number of β-lactam (4-membered cyclic amide) rings is 1. The van der Waals surface area contributed by atoms with Gasteiger partial charge in [-0.2, -0.15) is 0 Å². The van der Waals surface area contributed by atoms with Gasteiger partial charge in [-0.15, -0.1) is 0 Å². The largest absolute Gasteiger partial charge is 0.477 e. The Balaban J connectivity index is 2.28. The number of carboxylic acid groups (broad SMARTS) is 1. The van der Waals surface area contributed by atoms with Gasteiger partial charge < -0.3 is 19.2 Å². The van der Waals surface area contributed by atoms with Gasteiger partial charge in [0.2, 0.25) is 5.91 Å². The van der Waals surface area contributed by atoms with Crippen molar-refractivity contribution in [2.45, 2.75) is 71.3 Å². The highest BCUT2D eigenvalue weighted by molar-refractivity contribution is 6.74. The molecule has 2 rings (SSSR count). The standard InChI is InChI=1S/C19H29NO6Si/c1-11(26-27(6,7)19(3,4)5)16-15-10-13(25-12(2)21)8-9-14(18(23)24)20(15)17(16)22/h8-9,11,15-16H,10H2,1-7H3,(H,23,24)/t11-,15-,16-/m1/s1. The molecule has 0 aliphatic carbocycles. The lowest BCUT2D eigenvalue weighted by atomic mass is 9.81. The summed E-state index contributed by atoms with van der Waals surface area (Å²) in [5.41, 5.74) is -0.108. The third-order valence-electron chi connectivity index (χ3n) is 5.65. The quantitative estimate of drug-likeness (QED) is 0.437. The molecular formula is C19H29NO6Si. The molecule has 150 valence electrons. The zero-order chi connectivity index (χ0) is 20.7.